The number of nitrogens with two attached hydrogens (primary N) is 1. The fraction of sp³-hybridized carbons (Fsp3) is 1.00. The summed E-state index contributed by atoms with van der Waals surface area (Å²) >= 11 is 0. The van der Waals surface area contributed by atoms with Crippen molar-refractivity contribution >= 4 is 0 Å². The van der Waals surface area contributed by atoms with E-state index in [1.807, 2.05) is 0 Å². The van der Waals surface area contributed by atoms with Gasteiger partial charge in [0.25, 0.3) is 0 Å². The van der Waals surface area contributed by atoms with Crippen molar-refractivity contribution in [1.82, 2.24) is 4.90 Å². The largest absolute Gasteiger partial charge is 0.383 e. The Morgan fingerprint density at radius 3 is 2.61 bits per heavy atom. The molecule has 0 aromatic carbocycles. The molecule has 0 spiro atoms. The summed E-state index contributed by atoms with van der Waals surface area (Å²) in [5.74, 6) is 0.864. The molecule has 1 saturated carbocycles. The molecule has 0 bridgehead atoms. The lowest BCUT2D eigenvalue weighted by Gasteiger charge is -2.44. The molecule has 18 heavy (non-hydrogen) atoms. The van der Waals surface area contributed by atoms with Gasteiger partial charge in [-0.3, -0.25) is 4.90 Å². The third kappa shape index (κ3) is 3.46. The molecule has 108 valence electrons. The number of hydrogen-bond acceptors (Lipinski definition) is 3. The van der Waals surface area contributed by atoms with Crippen molar-refractivity contribution in [3.8, 4) is 0 Å². The highest BCUT2D eigenvalue weighted by Crippen LogP contribution is 2.41. The molecular weight excluding hydrogens is 224 g/mol. The lowest BCUT2D eigenvalue weighted by Crippen LogP contribution is -2.56. The summed E-state index contributed by atoms with van der Waals surface area (Å²) in [7, 11) is 1.79. The zero-order valence-corrected chi connectivity index (χ0v) is 12.7. The van der Waals surface area contributed by atoms with Crippen LogP contribution in [0, 0.1) is 5.92 Å². The number of hydrogen-bond donors (Lipinski definition) is 1. The molecular formula is C15H32N2O. The first-order chi connectivity index (χ1) is 8.63. The van der Waals surface area contributed by atoms with Crippen molar-refractivity contribution in [2.75, 3.05) is 26.8 Å². The average molecular weight is 256 g/mol. The van der Waals surface area contributed by atoms with Crippen LogP contribution >= 0.6 is 0 Å². The van der Waals surface area contributed by atoms with Crippen molar-refractivity contribution in [3.05, 3.63) is 0 Å². The second-order valence-corrected chi connectivity index (χ2v) is 5.89. The number of methoxy groups -OCH3 is 1. The third-order valence-electron chi connectivity index (χ3n) is 4.91. The first-order valence-electron chi connectivity index (χ1n) is 7.59. The molecule has 0 aromatic heterocycles. The van der Waals surface area contributed by atoms with E-state index < -0.39 is 0 Å². The van der Waals surface area contributed by atoms with E-state index >= 15 is 0 Å². The molecule has 3 heteroatoms. The van der Waals surface area contributed by atoms with Crippen LogP contribution in [0.4, 0.5) is 0 Å². The predicted molar refractivity (Wildman–Crippen MR) is 77.8 cm³/mol. The Morgan fingerprint density at radius 1 is 1.44 bits per heavy atom. The molecule has 0 amide bonds. The van der Waals surface area contributed by atoms with Crippen molar-refractivity contribution in [2.45, 2.75) is 64.5 Å². The summed E-state index contributed by atoms with van der Waals surface area (Å²) in [6.07, 6.45) is 6.35. The van der Waals surface area contributed by atoms with Gasteiger partial charge < -0.3 is 10.5 Å². The highest BCUT2D eigenvalue weighted by molar-refractivity contribution is 5.00. The van der Waals surface area contributed by atoms with Crippen LogP contribution in [0.2, 0.25) is 0 Å². The summed E-state index contributed by atoms with van der Waals surface area (Å²) in [5.41, 5.74) is 6.40. The van der Waals surface area contributed by atoms with Crippen molar-refractivity contribution in [1.29, 1.82) is 0 Å². The summed E-state index contributed by atoms with van der Waals surface area (Å²) in [5, 5.41) is 0. The van der Waals surface area contributed by atoms with E-state index in [2.05, 4.69) is 25.7 Å². The first kappa shape index (κ1) is 15.9. The molecule has 0 saturated heterocycles. The Balaban J connectivity index is 2.79. The van der Waals surface area contributed by atoms with E-state index in [9.17, 15) is 0 Å². The second kappa shape index (κ2) is 7.46. The van der Waals surface area contributed by atoms with Crippen LogP contribution in [0.15, 0.2) is 0 Å². The second-order valence-electron chi connectivity index (χ2n) is 5.89. The molecule has 0 aromatic rings. The first-order valence-corrected chi connectivity index (χ1v) is 7.59. The number of ether oxygens (including phenoxy) is 1. The van der Waals surface area contributed by atoms with Gasteiger partial charge in [0.15, 0.2) is 0 Å². The van der Waals surface area contributed by atoms with Gasteiger partial charge in [0.05, 0.1) is 6.61 Å². The van der Waals surface area contributed by atoms with Crippen molar-refractivity contribution in [2.24, 2.45) is 11.7 Å². The standard InChI is InChI=1S/C15H32N2O/c1-5-13(3)17(9-10-18-4)15(12-16)8-7-14(6-2)11-15/h13-14H,5-12,16H2,1-4H3. The van der Waals surface area contributed by atoms with Crippen molar-refractivity contribution in [3.63, 3.8) is 0 Å². The highest BCUT2D eigenvalue weighted by Gasteiger charge is 2.43. The van der Waals surface area contributed by atoms with Gasteiger partial charge in [-0.1, -0.05) is 20.3 Å². The molecule has 0 radical (unpaired) electrons. The molecule has 0 heterocycles. The van der Waals surface area contributed by atoms with Gasteiger partial charge in [0.1, 0.15) is 0 Å². The minimum absolute atomic E-state index is 0.231. The van der Waals surface area contributed by atoms with Crippen LogP contribution in [0.3, 0.4) is 0 Å². The van der Waals surface area contributed by atoms with E-state index in [0.717, 1.165) is 25.6 Å². The molecule has 3 nitrogen and oxygen atoms in total. The molecule has 3 atom stereocenters. The Labute approximate surface area is 113 Å². The molecule has 3 unspecified atom stereocenters. The Morgan fingerprint density at radius 2 is 2.17 bits per heavy atom. The van der Waals surface area contributed by atoms with Gasteiger partial charge in [-0.15, -0.1) is 0 Å². The summed E-state index contributed by atoms with van der Waals surface area (Å²) in [4.78, 5) is 2.63. The highest BCUT2D eigenvalue weighted by atomic mass is 16.5. The topological polar surface area (TPSA) is 38.5 Å². The Hall–Kier alpha value is -0.120. The maximum atomic E-state index is 6.17. The van der Waals surface area contributed by atoms with Gasteiger partial charge in [0, 0.05) is 31.8 Å². The summed E-state index contributed by atoms with van der Waals surface area (Å²) in [6, 6.07) is 0.597. The Kier molecular flexibility index (Phi) is 6.61. The van der Waals surface area contributed by atoms with E-state index in [4.69, 9.17) is 10.5 Å². The minimum atomic E-state index is 0.231. The molecule has 1 aliphatic rings. The Bertz CT molecular complexity index is 235. The third-order valence-corrected chi connectivity index (χ3v) is 4.91. The smallest absolute Gasteiger partial charge is 0.0590 e. The summed E-state index contributed by atoms with van der Waals surface area (Å²) in [6.45, 7) is 9.51. The predicted octanol–water partition coefficient (Wildman–Crippen LogP) is 2.64. The molecule has 1 rings (SSSR count). The van der Waals surface area contributed by atoms with Gasteiger partial charge >= 0.3 is 0 Å². The number of nitrogens with zero attached hydrogens (tertiary/aromatic N) is 1. The van der Waals surface area contributed by atoms with Crippen LogP contribution in [-0.2, 0) is 4.74 Å². The van der Waals surface area contributed by atoms with Crippen LogP contribution in [0.5, 0.6) is 0 Å². The fourth-order valence-corrected chi connectivity index (χ4v) is 3.46. The normalized spacial score (nSPS) is 30.0. The van der Waals surface area contributed by atoms with Gasteiger partial charge in [-0.2, -0.15) is 0 Å². The van der Waals surface area contributed by atoms with Crippen LogP contribution < -0.4 is 5.73 Å². The maximum Gasteiger partial charge on any atom is 0.0590 e. The van der Waals surface area contributed by atoms with Crippen molar-refractivity contribution < 1.29 is 4.74 Å². The quantitative estimate of drug-likeness (QED) is 0.725. The van der Waals surface area contributed by atoms with Crippen LogP contribution in [0.25, 0.3) is 0 Å². The van der Waals surface area contributed by atoms with Gasteiger partial charge in [-0.25, -0.2) is 0 Å². The van der Waals surface area contributed by atoms with Crippen LogP contribution in [-0.4, -0.2) is 43.3 Å². The monoisotopic (exact) mass is 256 g/mol. The summed E-state index contributed by atoms with van der Waals surface area (Å²) < 4.78 is 5.29. The lowest BCUT2D eigenvalue weighted by atomic mass is 9.90. The van der Waals surface area contributed by atoms with E-state index in [1.165, 1.54) is 32.1 Å². The van der Waals surface area contributed by atoms with Gasteiger partial charge in [0.2, 0.25) is 0 Å². The molecule has 0 aliphatic heterocycles. The van der Waals surface area contributed by atoms with E-state index in [1.54, 1.807) is 7.11 Å². The zero-order chi connectivity index (χ0) is 13.6. The zero-order valence-electron chi connectivity index (χ0n) is 12.7. The SMILES string of the molecule is CCC1CCC(CN)(N(CCOC)C(C)CC)C1. The molecule has 1 aliphatic carbocycles. The lowest BCUT2D eigenvalue weighted by molar-refractivity contribution is 0.0280. The maximum absolute atomic E-state index is 6.17. The van der Waals surface area contributed by atoms with E-state index in [0.29, 0.717) is 6.04 Å². The molecule has 1 fully saturated rings. The fourth-order valence-electron chi connectivity index (χ4n) is 3.46. The van der Waals surface area contributed by atoms with Gasteiger partial charge in [-0.05, 0) is 38.5 Å². The molecule has 2 N–H and O–H groups in total. The van der Waals surface area contributed by atoms with E-state index in [-0.39, 0.29) is 5.54 Å². The average Bonchev–Trinajstić information content (AvgIpc) is 2.83. The number of rotatable bonds is 8. The minimum Gasteiger partial charge on any atom is -0.383 e. The van der Waals surface area contributed by atoms with Crippen LogP contribution in [0.1, 0.15) is 52.9 Å².